The van der Waals surface area contributed by atoms with Gasteiger partial charge in [-0.15, -0.1) is 0 Å². The van der Waals surface area contributed by atoms with Crippen LogP contribution in [0.3, 0.4) is 0 Å². The first-order valence-corrected chi connectivity index (χ1v) is 0. The second-order valence-electron chi connectivity index (χ2n) is 0. The van der Waals surface area contributed by atoms with Crippen molar-refractivity contribution < 1.29 is 91.0 Å². The van der Waals surface area contributed by atoms with Crippen molar-refractivity contribution in [2.75, 3.05) is 0 Å². The molecule has 0 saturated heterocycles. The van der Waals surface area contributed by atoms with E-state index in [1.54, 1.807) is 0 Å². The molecule has 0 aliphatic carbocycles. The van der Waals surface area contributed by atoms with E-state index >= 15 is 0 Å². The molecular formula is HoLuO3. The van der Waals surface area contributed by atoms with E-state index in [-0.39, 0.29) is 91.0 Å². The summed E-state index contributed by atoms with van der Waals surface area (Å²) in [5, 5.41) is 0. The molecule has 0 unspecified atom stereocenters. The molecule has 0 aliphatic heterocycles. The van der Waals surface area contributed by atoms with E-state index in [1.165, 1.54) is 0 Å². The summed E-state index contributed by atoms with van der Waals surface area (Å²) in [6.07, 6.45) is 0. The van der Waals surface area contributed by atoms with E-state index in [2.05, 4.69) is 0 Å². The molecule has 0 atom stereocenters. The van der Waals surface area contributed by atoms with Crippen LogP contribution < -0.4 is 0 Å². The first-order valence-electron chi connectivity index (χ1n) is 0. The van der Waals surface area contributed by atoms with Crippen LogP contribution in [0.4, 0.5) is 0 Å². The van der Waals surface area contributed by atoms with Crippen LogP contribution in [0.5, 0.6) is 0 Å². The van der Waals surface area contributed by atoms with Gasteiger partial charge in [-0.25, -0.2) is 0 Å². The van der Waals surface area contributed by atoms with Crippen LogP contribution >= 0.6 is 0 Å². The molecule has 0 aliphatic rings. The Hall–Kier alpha value is 2.37. The molecule has 0 amide bonds. The van der Waals surface area contributed by atoms with Gasteiger partial charge in [0.1, 0.15) is 0 Å². The van der Waals surface area contributed by atoms with Crippen molar-refractivity contribution in [3.63, 3.8) is 0 Å². The van der Waals surface area contributed by atoms with Gasteiger partial charge < -0.3 is 16.4 Å². The average Bonchev–Trinajstić information content (AvgIpc) is 0. The Bertz CT molecular complexity index is 6.85. The summed E-state index contributed by atoms with van der Waals surface area (Å²) in [7, 11) is 0. The van der Waals surface area contributed by atoms with E-state index in [0.717, 1.165) is 0 Å². The quantitative estimate of drug-likeness (QED) is 0.508. The third-order valence-electron chi connectivity index (χ3n) is 0. The predicted molar refractivity (Wildman–Crippen MR) is 2.06 cm³/mol. The minimum atomic E-state index is 0. The van der Waals surface area contributed by atoms with Crippen LogP contribution in [-0.2, 0) is 16.4 Å². The smallest absolute Gasteiger partial charge is 2.00 e. The molecule has 0 aromatic carbocycles. The van der Waals surface area contributed by atoms with Gasteiger partial charge in [0.2, 0.25) is 0 Å². The van der Waals surface area contributed by atoms with Gasteiger partial charge in [0.05, 0.1) is 0 Å². The second kappa shape index (κ2) is 32.7. The zero-order valence-electron chi connectivity index (χ0n) is 1.78. The molecule has 0 radical (unpaired) electrons. The standard InChI is InChI=1S/Ho.Lu.3O/q2*+3;3*-2. The third kappa shape index (κ3) is 21.6. The van der Waals surface area contributed by atoms with Gasteiger partial charge in [0.15, 0.2) is 0 Å². The first kappa shape index (κ1) is 53.2. The van der Waals surface area contributed by atoms with Crippen molar-refractivity contribution in [2.45, 2.75) is 0 Å². The van der Waals surface area contributed by atoms with Crippen molar-refractivity contribution in [3.05, 3.63) is 0 Å². The summed E-state index contributed by atoms with van der Waals surface area (Å²) in [5.74, 6) is 0. The summed E-state index contributed by atoms with van der Waals surface area (Å²) in [4.78, 5) is 0. The Labute approximate surface area is 89.2 Å². The summed E-state index contributed by atoms with van der Waals surface area (Å²) >= 11 is 0. The average molecular weight is 388 g/mol. The van der Waals surface area contributed by atoms with Crippen LogP contribution in [0, 0.1) is 74.6 Å². The van der Waals surface area contributed by atoms with Gasteiger partial charge in [-0.1, -0.05) is 0 Å². The van der Waals surface area contributed by atoms with E-state index in [0.29, 0.717) is 0 Å². The molecular weight excluding hydrogens is 388 g/mol. The number of hydrogen-bond donors (Lipinski definition) is 0. The zero-order chi connectivity index (χ0) is 0. The Kier molecular flexibility index (Phi) is 347. The Balaban J connectivity index is 0. The van der Waals surface area contributed by atoms with Crippen LogP contribution in [0.1, 0.15) is 0 Å². The molecule has 3 nitrogen and oxygen atoms in total. The first-order chi connectivity index (χ1) is 0. The maximum Gasteiger partial charge on any atom is 3.00 e. The fraction of sp³-hybridized carbons (Fsp3) is 0. The van der Waals surface area contributed by atoms with Gasteiger partial charge in [-0.05, 0) is 0 Å². The molecule has 0 aromatic rings. The van der Waals surface area contributed by atoms with Crippen LogP contribution in [0.15, 0.2) is 0 Å². The maximum absolute atomic E-state index is 0. The van der Waals surface area contributed by atoms with Gasteiger partial charge in [-0.2, -0.15) is 0 Å². The fourth-order valence-corrected chi connectivity index (χ4v) is 0. The molecule has 0 rings (SSSR count). The van der Waals surface area contributed by atoms with E-state index in [4.69, 9.17) is 0 Å². The van der Waals surface area contributed by atoms with Crippen LogP contribution in [0.25, 0.3) is 0 Å². The number of hydrogen-bond acceptors (Lipinski definition) is 0. The topological polar surface area (TPSA) is 85.5 Å². The summed E-state index contributed by atoms with van der Waals surface area (Å²) in [5.41, 5.74) is 0. The van der Waals surface area contributed by atoms with E-state index < -0.39 is 0 Å². The van der Waals surface area contributed by atoms with Crippen molar-refractivity contribution in [1.82, 2.24) is 0 Å². The largest absolute Gasteiger partial charge is 3.00 e. The van der Waals surface area contributed by atoms with Crippen molar-refractivity contribution in [3.8, 4) is 0 Å². The van der Waals surface area contributed by atoms with Crippen LogP contribution in [-0.4, -0.2) is 0 Å². The van der Waals surface area contributed by atoms with Crippen molar-refractivity contribution in [2.24, 2.45) is 0 Å². The molecule has 44 valence electrons. The van der Waals surface area contributed by atoms with Crippen molar-refractivity contribution in [1.29, 1.82) is 0 Å². The number of rotatable bonds is 0. The maximum atomic E-state index is 0. The Morgan fingerprint density at radius 2 is 0.600 bits per heavy atom. The molecule has 5 heteroatoms. The van der Waals surface area contributed by atoms with Gasteiger partial charge in [0, 0.05) is 0 Å². The monoisotopic (exact) mass is 388 g/mol. The molecule has 0 fully saturated rings. The summed E-state index contributed by atoms with van der Waals surface area (Å²) in [6, 6.07) is 0. The van der Waals surface area contributed by atoms with E-state index in [9.17, 15) is 0 Å². The SMILES string of the molecule is [Ho+3].[Lu+3].[O-2].[O-2].[O-2]. The van der Waals surface area contributed by atoms with Gasteiger partial charge in [0.25, 0.3) is 0 Å². The third-order valence-corrected chi connectivity index (χ3v) is 0. The summed E-state index contributed by atoms with van der Waals surface area (Å²) < 4.78 is 0. The Morgan fingerprint density at radius 1 is 0.600 bits per heavy atom. The normalized spacial score (nSPS) is 0. The van der Waals surface area contributed by atoms with Crippen molar-refractivity contribution >= 4 is 0 Å². The van der Waals surface area contributed by atoms with Gasteiger partial charge >= 0.3 is 74.6 Å². The fourth-order valence-electron chi connectivity index (χ4n) is 0. The minimum Gasteiger partial charge on any atom is -2.00 e. The molecule has 0 aromatic heterocycles. The summed E-state index contributed by atoms with van der Waals surface area (Å²) in [6.45, 7) is 0. The minimum absolute atomic E-state index is 0. The van der Waals surface area contributed by atoms with Crippen LogP contribution in [0.2, 0.25) is 0 Å². The molecule has 0 bridgehead atoms. The Morgan fingerprint density at radius 3 is 0.600 bits per heavy atom. The molecule has 0 saturated carbocycles. The zero-order valence-corrected chi connectivity index (χ0v) is 5.38. The predicted octanol–water partition coefficient (Wildman–Crippen LogP) is -0.356. The molecule has 5 heavy (non-hydrogen) atoms. The van der Waals surface area contributed by atoms with E-state index in [1.807, 2.05) is 0 Å². The second-order valence-corrected chi connectivity index (χ2v) is 0. The molecule has 0 heterocycles. The molecule has 0 N–H and O–H groups in total. The molecule has 0 spiro atoms. The van der Waals surface area contributed by atoms with Gasteiger partial charge in [-0.3, -0.25) is 0 Å².